The third-order valence-electron chi connectivity index (χ3n) is 4.24. The number of amides is 1. The molecular formula is C17H26N2O. The van der Waals surface area contributed by atoms with E-state index in [0.29, 0.717) is 12.5 Å². The summed E-state index contributed by atoms with van der Waals surface area (Å²) < 4.78 is 0. The molecule has 3 heteroatoms. The van der Waals surface area contributed by atoms with Gasteiger partial charge in [-0.25, -0.2) is 0 Å². The maximum atomic E-state index is 11.5. The van der Waals surface area contributed by atoms with E-state index in [4.69, 9.17) is 0 Å². The molecule has 2 N–H and O–H groups in total. The Kier molecular flexibility index (Phi) is 5.05. The van der Waals surface area contributed by atoms with Crippen LogP contribution < -0.4 is 10.6 Å². The van der Waals surface area contributed by atoms with Crippen LogP contribution >= 0.6 is 0 Å². The predicted octanol–water partition coefficient (Wildman–Crippen LogP) is 4.33. The minimum atomic E-state index is 0.0627. The van der Waals surface area contributed by atoms with Gasteiger partial charge in [-0.2, -0.15) is 0 Å². The van der Waals surface area contributed by atoms with E-state index in [-0.39, 0.29) is 5.91 Å². The minimum absolute atomic E-state index is 0.0627. The largest absolute Gasteiger partial charge is 0.382 e. The van der Waals surface area contributed by atoms with Gasteiger partial charge in [0.25, 0.3) is 0 Å². The van der Waals surface area contributed by atoms with Crippen molar-refractivity contribution in [3.63, 3.8) is 0 Å². The predicted molar refractivity (Wildman–Crippen MR) is 85.1 cm³/mol. The molecule has 1 aromatic rings. The van der Waals surface area contributed by atoms with E-state index < -0.39 is 0 Å². The van der Waals surface area contributed by atoms with Crippen molar-refractivity contribution in [3.8, 4) is 0 Å². The van der Waals surface area contributed by atoms with E-state index in [0.717, 1.165) is 22.9 Å². The standard InChI is InChI=1S/C17H26N2O/c1-4-17(20)19-16-10-6-9-15(13(16)3)18-12(2)11-14-7-5-8-14/h6,9-10,12,14,18H,4-5,7-8,11H2,1-3H3,(H,19,20). The number of hydrogen-bond donors (Lipinski definition) is 2. The Balaban J connectivity index is 1.99. The maximum absolute atomic E-state index is 11.5. The normalized spacial score (nSPS) is 16.4. The Labute approximate surface area is 122 Å². The highest BCUT2D eigenvalue weighted by Crippen LogP contribution is 2.32. The summed E-state index contributed by atoms with van der Waals surface area (Å²) in [7, 11) is 0. The second kappa shape index (κ2) is 6.78. The first-order valence-electron chi connectivity index (χ1n) is 7.76. The SMILES string of the molecule is CCC(=O)Nc1cccc(NC(C)CC2CCC2)c1C. The number of anilines is 2. The Hall–Kier alpha value is -1.51. The lowest BCUT2D eigenvalue weighted by atomic mass is 9.81. The summed E-state index contributed by atoms with van der Waals surface area (Å²) in [6.07, 6.45) is 5.92. The Bertz CT molecular complexity index is 466. The molecule has 1 aromatic carbocycles. The van der Waals surface area contributed by atoms with E-state index in [1.165, 1.54) is 25.7 Å². The van der Waals surface area contributed by atoms with Crippen LogP contribution in [0.1, 0.15) is 51.5 Å². The Morgan fingerprint density at radius 3 is 2.65 bits per heavy atom. The summed E-state index contributed by atoms with van der Waals surface area (Å²) in [6, 6.07) is 6.53. The van der Waals surface area contributed by atoms with E-state index in [1.807, 2.05) is 19.1 Å². The average Bonchev–Trinajstić information content (AvgIpc) is 2.38. The monoisotopic (exact) mass is 274 g/mol. The van der Waals surface area contributed by atoms with Gasteiger partial charge in [0.1, 0.15) is 0 Å². The number of hydrogen-bond acceptors (Lipinski definition) is 2. The van der Waals surface area contributed by atoms with Gasteiger partial charge in [0.2, 0.25) is 5.91 Å². The fraction of sp³-hybridized carbons (Fsp3) is 0.588. The summed E-state index contributed by atoms with van der Waals surface area (Å²) >= 11 is 0. The van der Waals surface area contributed by atoms with Crippen molar-refractivity contribution in [3.05, 3.63) is 23.8 Å². The molecule has 0 saturated heterocycles. The van der Waals surface area contributed by atoms with Crippen molar-refractivity contribution in [2.75, 3.05) is 10.6 Å². The zero-order valence-corrected chi connectivity index (χ0v) is 12.8. The molecule has 1 aliphatic carbocycles. The van der Waals surface area contributed by atoms with Crippen LogP contribution in [0.2, 0.25) is 0 Å². The molecule has 3 nitrogen and oxygen atoms in total. The molecule has 1 amide bonds. The maximum Gasteiger partial charge on any atom is 0.224 e. The minimum Gasteiger partial charge on any atom is -0.382 e. The molecule has 0 spiro atoms. The number of nitrogens with one attached hydrogen (secondary N) is 2. The quantitative estimate of drug-likeness (QED) is 0.810. The molecular weight excluding hydrogens is 248 g/mol. The van der Waals surface area contributed by atoms with Gasteiger partial charge in [-0.05, 0) is 43.9 Å². The summed E-state index contributed by atoms with van der Waals surface area (Å²) in [5.74, 6) is 0.966. The third kappa shape index (κ3) is 3.75. The van der Waals surface area contributed by atoms with Gasteiger partial charge in [-0.3, -0.25) is 4.79 Å². The topological polar surface area (TPSA) is 41.1 Å². The zero-order chi connectivity index (χ0) is 14.5. The number of carbonyl (C=O) groups excluding carboxylic acids is 1. The zero-order valence-electron chi connectivity index (χ0n) is 12.8. The summed E-state index contributed by atoms with van der Waals surface area (Å²) in [6.45, 7) is 6.17. The van der Waals surface area contributed by atoms with Crippen molar-refractivity contribution in [2.45, 2.75) is 58.9 Å². The lowest BCUT2D eigenvalue weighted by molar-refractivity contribution is -0.115. The van der Waals surface area contributed by atoms with E-state index in [1.54, 1.807) is 0 Å². The number of rotatable bonds is 6. The van der Waals surface area contributed by atoms with Crippen molar-refractivity contribution in [1.82, 2.24) is 0 Å². The molecule has 0 aliphatic heterocycles. The molecule has 1 fully saturated rings. The number of carbonyl (C=O) groups is 1. The molecule has 0 bridgehead atoms. The highest BCUT2D eigenvalue weighted by molar-refractivity contribution is 5.92. The van der Waals surface area contributed by atoms with Crippen molar-refractivity contribution >= 4 is 17.3 Å². The van der Waals surface area contributed by atoms with Gasteiger partial charge >= 0.3 is 0 Å². The first-order valence-corrected chi connectivity index (χ1v) is 7.76. The molecule has 0 radical (unpaired) electrons. The summed E-state index contributed by atoms with van der Waals surface area (Å²) in [4.78, 5) is 11.5. The second-order valence-electron chi connectivity index (χ2n) is 5.96. The molecule has 1 saturated carbocycles. The fourth-order valence-corrected chi connectivity index (χ4v) is 2.72. The summed E-state index contributed by atoms with van der Waals surface area (Å²) in [5.41, 5.74) is 3.16. The second-order valence-corrected chi connectivity index (χ2v) is 5.96. The van der Waals surface area contributed by atoms with Crippen molar-refractivity contribution < 1.29 is 4.79 Å². The van der Waals surface area contributed by atoms with Gasteiger partial charge in [0, 0.05) is 23.8 Å². The highest BCUT2D eigenvalue weighted by atomic mass is 16.1. The molecule has 0 aromatic heterocycles. The molecule has 0 heterocycles. The lowest BCUT2D eigenvalue weighted by Crippen LogP contribution is -2.23. The van der Waals surface area contributed by atoms with Crippen LogP contribution in [0.3, 0.4) is 0 Å². The van der Waals surface area contributed by atoms with Crippen LogP contribution in [0.4, 0.5) is 11.4 Å². The van der Waals surface area contributed by atoms with Crippen molar-refractivity contribution in [1.29, 1.82) is 0 Å². The van der Waals surface area contributed by atoms with Crippen LogP contribution in [-0.4, -0.2) is 11.9 Å². The van der Waals surface area contributed by atoms with E-state index >= 15 is 0 Å². The first kappa shape index (κ1) is 14.9. The van der Waals surface area contributed by atoms with Crippen LogP contribution in [0.15, 0.2) is 18.2 Å². The van der Waals surface area contributed by atoms with Gasteiger partial charge in [0.15, 0.2) is 0 Å². The Morgan fingerprint density at radius 1 is 1.35 bits per heavy atom. The smallest absolute Gasteiger partial charge is 0.224 e. The van der Waals surface area contributed by atoms with E-state index in [9.17, 15) is 4.79 Å². The molecule has 2 rings (SSSR count). The van der Waals surface area contributed by atoms with Crippen LogP contribution in [-0.2, 0) is 4.79 Å². The van der Waals surface area contributed by atoms with Crippen molar-refractivity contribution in [2.24, 2.45) is 5.92 Å². The van der Waals surface area contributed by atoms with Crippen LogP contribution in [0.5, 0.6) is 0 Å². The lowest BCUT2D eigenvalue weighted by Gasteiger charge is -2.29. The van der Waals surface area contributed by atoms with Crippen LogP contribution in [0, 0.1) is 12.8 Å². The number of benzene rings is 1. The van der Waals surface area contributed by atoms with Gasteiger partial charge in [-0.1, -0.05) is 32.3 Å². The molecule has 1 aliphatic rings. The molecule has 1 atom stereocenters. The van der Waals surface area contributed by atoms with E-state index in [2.05, 4.69) is 30.5 Å². The first-order chi connectivity index (χ1) is 9.60. The van der Waals surface area contributed by atoms with Crippen LogP contribution in [0.25, 0.3) is 0 Å². The third-order valence-corrected chi connectivity index (χ3v) is 4.24. The molecule has 1 unspecified atom stereocenters. The molecule has 110 valence electrons. The van der Waals surface area contributed by atoms with Gasteiger partial charge in [0.05, 0.1) is 0 Å². The highest BCUT2D eigenvalue weighted by Gasteiger charge is 2.20. The average molecular weight is 274 g/mol. The van der Waals surface area contributed by atoms with Gasteiger partial charge < -0.3 is 10.6 Å². The Morgan fingerprint density at radius 2 is 2.05 bits per heavy atom. The fourth-order valence-electron chi connectivity index (χ4n) is 2.72. The summed E-state index contributed by atoms with van der Waals surface area (Å²) in [5, 5.41) is 6.55. The van der Waals surface area contributed by atoms with Gasteiger partial charge in [-0.15, -0.1) is 0 Å². The molecule has 20 heavy (non-hydrogen) atoms.